The highest BCUT2D eigenvalue weighted by Gasteiger charge is 2.26. The fourth-order valence-electron chi connectivity index (χ4n) is 4.62. The number of piperidine rings is 1. The van der Waals surface area contributed by atoms with Crippen molar-refractivity contribution in [2.24, 2.45) is 0 Å². The average molecular weight is 476 g/mol. The third-order valence-corrected chi connectivity index (χ3v) is 8.15. The fourth-order valence-corrected chi connectivity index (χ4v) is 5.92. The van der Waals surface area contributed by atoms with Crippen LogP contribution < -0.4 is 10.2 Å². The molecule has 0 spiro atoms. The van der Waals surface area contributed by atoms with Gasteiger partial charge in [-0.15, -0.1) is 0 Å². The van der Waals surface area contributed by atoms with Gasteiger partial charge in [-0.1, -0.05) is 48.0 Å². The summed E-state index contributed by atoms with van der Waals surface area (Å²) in [5, 5.41) is 4.25. The van der Waals surface area contributed by atoms with Crippen molar-refractivity contribution in [2.45, 2.75) is 37.1 Å². The first kappa shape index (κ1) is 22.6. The monoisotopic (exact) mass is 475 g/mol. The van der Waals surface area contributed by atoms with Crippen molar-refractivity contribution in [3.63, 3.8) is 0 Å². The summed E-state index contributed by atoms with van der Waals surface area (Å²) in [7, 11) is -3.77. The second kappa shape index (κ2) is 9.56. The zero-order valence-electron chi connectivity index (χ0n) is 19.3. The lowest BCUT2D eigenvalue weighted by Gasteiger charge is -2.36. The van der Waals surface area contributed by atoms with Crippen LogP contribution in [-0.4, -0.2) is 48.0 Å². The molecule has 2 aromatic carbocycles. The normalized spacial score (nSPS) is 16.6. The number of nitrogens with one attached hydrogen (secondary N) is 1. The maximum atomic E-state index is 13.4. The zero-order valence-corrected chi connectivity index (χ0v) is 20.1. The van der Waals surface area contributed by atoms with Crippen LogP contribution >= 0.6 is 0 Å². The molecule has 3 heterocycles. The van der Waals surface area contributed by atoms with Crippen LogP contribution in [0.25, 0.3) is 11.0 Å². The van der Waals surface area contributed by atoms with Gasteiger partial charge in [-0.3, -0.25) is 0 Å². The third-order valence-electron chi connectivity index (χ3n) is 6.47. The number of aromatic nitrogens is 3. The van der Waals surface area contributed by atoms with Crippen molar-refractivity contribution in [3.05, 3.63) is 84.3 Å². The summed E-state index contributed by atoms with van der Waals surface area (Å²) in [5.41, 5.74) is 2.68. The molecule has 34 heavy (non-hydrogen) atoms. The van der Waals surface area contributed by atoms with Gasteiger partial charge >= 0.3 is 0 Å². The first-order chi connectivity index (χ1) is 16.5. The first-order valence-corrected chi connectivity index (χ1v) is 13.1. The summed E-state index contributed by atoms with van der Waals surface area (Å²) < 4.78 is 28.1. The Morgan fingerprint density at radius 1 is 1.06 bits per heavy atom. The Morgan fingerprint density at radius 2 is 1.85 bits per heavy atom. The summed E-state index contributed by atoms with van der Waals surface area (Å²) in [4.78, 5) is 11.6. The molecular formula is C26H29N5O2S. The summed E-state index contributed by atoms with van der Waals surface area (Å²) in [6.45, 7) is 4.62. The van der Waals surface area contributed by atoms with Crippen LogP contribution in [0.5, 0.6) is 0 Å². The van der Waals surface area contributed by atoms with Crippen LogP contribution in [-0.2, 0) is 16.4 Å². The van der Waals surface area contributed by atoms with Gasteiger partial charge in [-0.05, 0) is 56.5 Å². The second-order valence-electron chi connectivity index (χ2n) is 8.79. The van der Waals surface area contributed by atoms with E-state index in [9.17, 15) is 8.42 Å². The lowest BCUT2D eigenvalue weighted by Crippen LogP contribution is -2.47. The van der Waals surface area contributed by atoms with E-state index in [1.807, 2.05) is 19.1 Å². The van der Waals surface area contributed by atoms with E-state index < -0.39 is 10.0 Å². The van der Waals surface area contributed by atoms with Gasteiger partial charge in [0.25, 0.3) is 10.0 Å². The predicted octanol–water partition coefficient (Wildman–Crippen LogP) is 3.78. The van der Waals surface area contributed by atoms with Gasteiger partial charge in [-0.2, -0.15) is 0 Å². The molecule has 0 bridgehead atoms. The molecule has 1 atom stereocenters. The van der Waals surface area contributed by atoms with Gasteiger partial charge in [0.2, 0.25) is 0 Å². The van der Waals surface area contributed by atoms with Gasteiger partial charge in [0.05, 0.1) is 10.3 Å². The average Bonchev–Trinajstić information content (AvgIpc) is 3.32. The Kier molecular flexibility index (Phi) is 6.34. The number of rotatable bonds is 7. The Labute approximate surface area is 200 Å². The van der Waals surface area contributed by atoms with E-state index in [0.29, 0.717) is 5.65 Å². The Morgan fingerprint density at radius 3 is 2.59 bits per heavy atom. The van der Waals surface area contributed by atoms with Crippen LogP contribution in [0, 0.1) is 6.92 Å². The lowest BCUT2D eigenvalue weighted by atomic mass is 10.0. The Balaban J connectivity index is 1.54. The number of benzene rings is 2. The van der Waals surface area contributed by atoms with E-state index in [1.165, 1.54) is 15.9 Å². The summed E-state index contributed by atoms with van der Waals surface area (Å²) in [6, 6.07) is 19.4. The third kappa shape index (κ3) is 4.43. The molecule has 0 amide bonds. The molecule has 1 saturated heterocycles. The molecule has 4 aromatic rings. The minimum absolute atomic E-state index is 0.244. The summed E-state index contributed by atoms with van der Waals surface area (Å²) in [6.07, 6.45) is 6.11. The smallest absolute Gasteiger partial charge is 0.269 e. The van der Waals surface area contributed by atoms with Gasteiger partial charge < -0.3 is 10.2 Å². The van der Waals surface area contributed by atoms with Crippen molar-refractivity contribution in [1.29, 1.82) is 0 Å². The quantitative estimate of drug-likeness (QED) is 0.438. The molecule has 1 N–H and O–H groups in total. The van der Waals surface area contributed by atoms with E-state index in [-0.39, 0.29) is 10.9 Å². The van der Waals surface area contributed by atoms with Crippen LogP contribution in [0.3, 0.4) is 0 Å². The lowest BCUT2D eigenvalue weighted by molar-refractivity contribution is 0.430. The molecule has 0 unspecified atom stereocenters. The molecule has 1 aliphatic rings. The van der Waals surface area contributed by atoms with Crippen molar-refractivity contribution in [2.75, 3.05) is 24.5 Å². The molecule has 0 aliphatic carbocycles. The molecule has 0 radical (unpaired) electrons. The van der Waals surface area contributed by atoms with E-state index in [2.05, 4.69) is 44.5 Å². The number of anilines is 1. The molecule has 1 fully saturated rings. The number of hydrogen-bond donors (Lipinski definition) is 1. The molecule has 2 aromatic heterocycles. The van der Waals surface area contributed by atoms with E-state index >= 15 is 0 Å². The highest BCUT2D eigenvalue weighted by Crippen LogP contribution is 2.29. The largest absolute Gasteiger partial charge is 0.351 e. The Bertz CT molecular complexity index is 1360. The SMILES string of the molecule is Cc1ccc(S(=O)(=O)n2ccc3c(N(CCc4ccccc4)[C@H]4CCCNC4)ncnc32)cc1. The Hall–Kier alpha value is -3.23. The predicted molar refractivity (Wildman–Crippen MR) is 135 cm³/mol. The second-order valence-corrected chi connectivity index (χ2v) is 10.6. The van der Waals surface area contributed by atoms with E-state index in [4.69, 9.17) is 0 Å². The van der Waals surface area contributed by atoms with Gasteiger partial charge in [0, 0.05) is 25.3 Å². The minimum atomic E-state index is -3.77. The minimum Gasteiger partial charge on any atom is -0.351 e. The summed E-state index contributed by atoms with van der Waals surface area (Å²) >= 11 is 0. The maximum absolute atomic E-state index is 13.4. The molecule has 176 valence electrons. The number of nitrogens with zero attached hydrogens (tertiary/aromatic N) is 4. The van der Waals surface area contributed by atoms with Crippen molar-refractivity contribution in [1.82, 2.24) is 19.3 Å². The number of aryl methyl sites for hydroxylation is 1. The van der Waals surface area contributed by atoms with Gasteiger partial charge in [-0.25, -0.2) is 22.4 Å². The van der Waals surface area contributed by atoms with Gasteiger partial charge in [0.15, 0.2) is 5.65 Å². The van der Waals surface area contributed by atoms with Gasteiger partial charge in [0.1, 0.15) is 12.1 Å². The highest BCUT2D eigenvalue weighted by atomic mass is 32.2. The molecule has 7 nitrogen and oxygen atoms in total. The molecule has 5 rings (SSSR count). The van der Waals surface area contributed by atoms with Crippen LogP contribution in [0.4, 0.5) is 5.82 Å². The standard InChI is InChI=1S/C26H29N5O2S/c1-20-9-11-23(12-10-20)34(32,33)31-17-14-24-25(28-19-29-26(24)31)30(22-8-5-15-27-18-22)16-13-21-6-3-2-4-7-21/h2-4,6-7,9-12,14,17,19,22,27H,5,8,13,15-16,18H2,1H3/t22-/m0/s1. The first-order valence-electron chi connectivity index (χ1n) is 11.7. The van der Waals surface area contributed by atoms with Crippen LogP contribution in [0.1, 0.15) is 24.0 Å². The van der Waals surface area contributed by atoms with Crippen molar-refractivity contribution in [3.8, 4) is 0 Å². The highest BCUT2D eigenvalue weighted by molar-refractivity contribution is 7.90. The molecule has 1 aliphatic heterocycles. The topological polar surface area (TPSA) is 80.1 Å². The molecular weight excluding hydrogens is 446 g/mol. The zero-order chi connectivity index (χ0) is 23.5. The van der Waals surface area contributed by atoms with Crippen molar-refractivity contribution >= 4 is 26.9 Å². The molecule has 8 heteroatoms. The maximum Gasteiger partial charge on any atom is 0.269 e. The molecule has 0 saturated carbocycles. The van der Waals surface area contributed by atoms with Crippen molar-refractivity contribution < 1.29 is 8.42 Å². The fraction of sp³-hybridized carbons (Fsp3) is 0.308. The van der Waals surface area contributed by atoms with E-state index in [0.717, 1.165) is 55.7 Å². The number of hydrogen-bond acceptors (Lipinski definition) is 6. The van der Waals surface area contributed by atoms with Crippen LogP contribution in [0.2, 0.25) is 0 Å². The summed E-state index contributed by atoms with van der Waals surface area (Å²) in [5.74, 6) is 0.785. The van der Waals surface area contributed by atoms with E-state index in [1.54, 1.807) is 30.5 Å². The number of fused-ring (bicyclic) bond motifs is 1. The van der Waals surface area contributed by atoms with Crippen LogP contribution in [0.15, 0.2) is 78.1 Å².